The summed E-state index contributed by atoms with van der Waals surface area (Å²) in [5.74, 6) is -0.420. The smallest absolute Gasteiger partial charge is 0.310 e. The van der Waals surface area contributed by atoms with Crippen molar-refractivity contribution in [3.63, 3.8) is 0 Å². The van der Waals surface area contributed by atoms with E-state index in [0.717, 1.165) is 0 Å². The van der Waals surface area contributed by atoms with E-state index in [1.54, 1.807) is 19.9 Å². The molecule has 1 amide bonds. The molecule has 0 saturated heterocycles. The van der Waals surface area contributed by atoms with Gasteiger partial charge in [-0.3, -0.25) is 19.7 Å². The molecule has 1 N–H and O–H groups in total. The monoisotopic (exact) mass is 328 g/mol. The molecule has 24 heavy (non-hydrogen) atoms. The number of esters is 1. The Balaban J connectivity index is 2.14. The van der Waals surface area contributed by atoms with Crippen LogP contribution in [0.15, 0.2) is 42.5 Å². The van der Waals surface area contributed by atoms with E-state index in [0.29, 0.717) is 22.6 Å². The van der Waals surface area contributed by atoms with Gasteiger partial charge in [-0.25, -0.2) is 0 Å². The van der Waals surface area contributed by atoms with E-state index < -0.39 is 10.8 Å². The number of nitrogens with one attached hydrogen (secondary N) is 1. The highest BCUT2D eigenvalue weighted by Gasteiger charge is 2.15. The molecule has 0 saturated carbocycles. The quantitative estimate of drug-likeness (QED) is 0.392. The van der Waals surface area contributed by atoms with Crippen molar-refractivity contribution < 1.29 is 19.2 Å². The van der Waals surface area contributed by atoms with Gasteiger partial charge < -0.3 is 10.1 Å². The van der Waals surface area contributed by atoms with Crippen molar-refractivity contribution in [2.75, 3.05) is 5.32 Å². The SMILES string of the molecule is CCC(=O)Oc1ccc(C(=O)Nc2cccc([N+](=O)[O-])c2C)cc1. The number of carbonyl (C=O) groups is 2. The zero-order valence-corrected chi connectivity index (χ0v) is 13.2. The lowest BCUT2D eigenvalue weighted by molar-refractivity contribution is -0.385. The van der Waals surface area contributed by atoms with Gasteiger partial charge in [0.25, 0.3) is 11.6 Å². The summed E-state index contributed by atoms with van der Waals surface area (Å²) in [6.45, 7) is 3.26. The van der Waals surface area contributed by atoms with Gasteiger partial charge in [0.05, 0.1) is 16.2 Å². The van der Waals surface area contributed by atoms with Gasteiger partial charge in [-0.15, -0.1) is 0 Å². The van der Waals surface area contributed by atoms with E-state index in [-0.39, 0.29) is 18.1 Å². The van der Waals surface area contributed by atoms with E-state index in [1.165, 1.54) is 36.4 Å². The van der Waals surface area contributed by atoms with Crippen LogP contribution >= 0.6 is 0 Å². The Hall–Kier alpha value is -3.22. The summed E-state index contributed by atoms with van der Waals surface area (Å²) in [6, 6.07) is 10.5. The minimum atomic E-state index is -0.498. The maximum atomic E-state index is 12.2. The number of nitro benzene ring substituents is 1. The molecule has 0 bridgehead atoms. The molecular formula is C17H16N2O5. The first-order valence-corrected chi connectivity index (χ1v) is 7.28. The average Bonchev–Trinajstić information content (AvgIpc) is 2.57. The van der Waals surface area contributed by atoms with E-state index in [2.05, 4.69) is 5.32 Å². The molecule has 0 heterocycles. The van der Waals surface area contributed by atoms with Gasteiger partial charge in [-0.05, 0) is 37.3 Å². The van der Waals surface area contributed by atoms with Crippen LogP contribution < -0.4 is 10.1 Å². The highest BCUT2D eigenvalue weighted by Crippen LogP contribution is 2.25. The number of amides is 1. The van der Waals surface area contributed by atoms with Crippen LogP contribution in [0.4, 0.5) is 11.4 Å². The zero-order valence-electron chi connectivity index (χ0n) is 13.2. The summed E-state index contributed by atoms with van der Waals surface area (Å²) in [5.41, 5.74) is 1.03. The third-order valence-electron chi connectivity index (χ3n) is 3.39. The Morgan fingerprint density at radius 1 is 1.17 bits per heavy atom. The Morgan fingerprint density at radius 3 is 2.42 bits per heavy atom. The van der Waals surface area contributed by atoms with Crippen LogP contribution in [0.3, 0.4) is 0 Å². The molecule has 0 aliphatic heterocycles. The molecule has 7 heteroatoms. The first-order chi connectivity index (χ1) is 11.4. The van der Waals surface area contributed by atoms with Crippen molar-refractivity contribution in [2.45, 2.75) is 20.3 Å². The number of anilines is 1. The minimum Gasteiger partial charge on any atom is -0.427 e. The van der Waals surface area contributed by atoms with Crippen molar-refractivity contribution in [1.29, 1.82) is 0 Å². The van der Waals surface area contributed by atoms with Crippen LogP contribution in [0.2, 0.25) is 0 Å². The number of ether oxygens (including phenoxy) is 1. The molecule has 0 unspecified atom stereocenters. The van der Waals surface area contributed by atoms with Gasteiger partial charge in [0, 0.05) is 18.1 Å². The standard InChI is InChI=1S/C17H16N2O5/c1-3-16(20)24-13-9-7-12(8-10-13)17(21)18-14-5-4-6-15(11(14)2)19(22)23/h4-10H,3H2,1-2H3,(H,18,21). The van der Waals surface area contributed by atoms with Crippen LogP contribution in [-0.4, -0.2) is 16.8 Å². The number of carbonyl (C=O) groups excluding carboxylic acids is 2. The summed E-state index contributed by atoms with van der Waals surface area (Å²) < 4.78 is 5.03. The van der Waals surface area contributed by atoms with Crippen molar-refractivity contribution in [2.24, 2.45) is 0 Å². The number of rotatable bonds is 5. The van der Waals surface area contributed by atoms with Gasteiger partial charge in [0.15, 0.2) is 0 Å². The molecule has 0 aromatic heterocycles. The maximum absolute atomic E-state index is 12.2. The Morgan fingerprint density at radius 2 is 1.83 bits per heavy atom. The van der Waals surface area contributed by atoms with E-state index in [9.17, 15) is 19.7 Å². The van der Waals surface area contributed by atoms with Crippen molar-refractivity contribution in [3.8, 4) is 5.75 Å². The molecule has 0 atom stereocenters. The number of hydrogen-bond acceptors (Lipinski definition) is 5. The van der Waals surface area contributed by atoms with Gasteiger partial charge in [0.2, 0.25) is 0 Å². The third-order valence-corrected chi connectivity index (χ3v) is 3.39. The van der Waals surface area contributed by atoms with Crippen LogP contribution in [0.5, 0.6) is 5.75 Å². The maximum Gasteiger partial charge on any atom is 0.310 e. The van der Waals surface area contributed by atoms with Gasteiger partial charge >= 0.3 is 5.97 Å². The fourth-order valence-corrected chi connectivity index (χ4v) is 2.03. The average molecular weight is 328 g/mol. The van der Waals surface area contributed by atoms with Crippen LogP contribution in [0.25, 0.3) is 0 Å². The van der Waals surface area contributed by atoms with Crippen molar-refractivity contribution in [1.82, 2.24) is 0 Å². The molecule has 0 radical (unpaired) electrons. The molecule has 2 aromatic carbocycles. The van der Waals surface area contributed by atoms with Gasteiger partial charge in [0.1, 0.15) is 5.75 Å². The molecule has 7 nitrogen and oxygen atoms in total. The third kappa shape index (κ3) is 3.95. The Kier molecular flexibility index (Phi) is 5.26. The predicted octanol–water partition coefficient (Wildman–Crippen LogP) is 3.47. The molecule has 0 spiro atoms. The Labute approximate surface area is 138 Å². The number of nitrogens with zero attached hydrogens (tertiary/aromatic N) is 1. The number of hydrogen-bond donors (Lipinski definition) is 1. The topological polar surface area (TPSA) is 98.5 Å². The van der Waals surface area contributed by atoms with E-state index >= 15 is 0 Å². The molecule has 0 aliphatic rings. The van der Waals surface area contributed by atoms with Crippen LogP contribution in [0, 0.1) is 17.0 Å². The van der Waals surface area contributed by atoms with E-state index in [1.807, 2.05) is 0 Å². The molecule has 124 valence electrons. The second-order valence-corrected chi connectivity index (χ2v) is 5.01. The van der Waals surface area contributed by atoms with Crippen molar-refractivity contribution >= 4 is 23.3 Å². The fraction of sp³-hybridized carbons (Fsp3) is 0.176. The van der Waals surface area contributed by atoms with Crippen LogP contribution in [0.1, 0.15) is 29.3 Å². The van der Waals surface area contributed by atoms with E-state index in [4.69, 9.17) is 4.74 Å². The lowest BCUT2D eigenvalue weighted by atomic mass is 10.1. The lowest BCUT2D eigenvalue weighted by Gasteiger charge is -2.09. The highest BCUT2D eigenvalue weighted by atomic mass is 16.6. The van der Waals surface area contributed by atoms with Crippen LogP contribution in [-0.2, 0) is 4.79 Å². The fourth-order valence-electron chi connectivity index (χ4n) is 2.03. The van der Waals surface area contributed by atoms with Crippen molar-refractivity contribution in [3.05, 3.63) is 63.7 Å². The summed E-state index contributed by atoms with van der Waals surface area (Å²) in [6.07, 6.45) is 0.258. The highest BCUT2D eigenvalue weighted by molar-refractivity contribution is 6.05. The van der Waals surface area contributed by atoms with Gasteiger partial charge in [-0.1, -0.05) is 13.0 Å². The molecular weight excluding hydrogens is 312 g/mol. The molecule has 2 rings (SSSR count). The molecule has 2 aromatic rings. The predicted molar refractivity (Wildman–Crippen MR) is 88.2 cm³/mol. The first-order valence-electron chi connectivity index (χ1n) is 7.28. The second-order valence-electron chi connectivity index (χ2n) is 5.01. The summed E-state index contributed by atoms with van der Waals surface area (Å²) >= 11 is 0. The summed E-state index contributed by atoms with van der Waals surface area (Å²) in [7, 11) is 0. The number of nitro groups is 1. The summed E-state index contributed by atoms with van der Waals surface area (Å²) in [5, 5.41) is 13.6. The first kappa shape index (κ1) is 17.1. The second kappa shape index (κ2) is 7.36. The van der Waals surface area contributed by atoms with Gasteiger partial charge in [-0.2, -0.15) is 0 Å². The normalized spacial score (nSPS) is 10.1. The Bertz CT molecular complexity index is 784. The zero-order chi connectivity index (χ0) is 17.7. The molecule has 0 fully saturated rings. The molecule has 0 aliphatic carbocycles. The largest absolute Gasteiger partial charge is 0.427 e. The number of benzene rings is 2. The lowest BCUT2D eigenvalue weighted by Crippen LogP contribution is -2.13. The minimum absolute atomic E-state index is 0.0605. The summed E-state index contributed by atoms with van der Waals surface area (Å²) in [4.78, 5) is 33.9.